The topological polar surface area (TPSA) is 85.2 Å². The normalized spacial score (nSPS) is 14.5. The second-order valence-electron chi connectivity index (χ2n) is 6.40. The van der Waals surface area contributed by atoms with Crippen molar-refractivity contribution in [3.05, 3.63) is 46.5 Å². The number of rotatable bonds is 7. The fourth-order valence-electron chi connectivity index (χ4n) is 3.07. The van der Waals surface area contributed by atoms with Crippen LogP contribution in [0.3, 0.4) is 0 Å². The number of allylic oxidation sites excluding steroid dienone is 2. The summed E-state index contributed by atoms with van der Waals surface area (Å²) in [5.41, 5.74) is 2.10. The van der Waals surface area contributed by atoms with Crippen LogP contribution < -0.4 is 4.74 Å². The van der Waals surface area contributed by atoms with Crippen LogP contribution in [-0.4, -0.2) is 36.3 Å². The third-order valence-electron chi connectivity index (χ3n) is 4.47. The highest BCUT2D eigenvalue weighted by Crippen LogP contribution is 2.38. The highest BCUT2D eigenvalue weighted by atomic mass is 32.1. The average Bonchev–Trinajstić information content (AvgIpc) is 3.13. The Morgan fingerprint density at radius 3 is 2.62 bits per heavy atom. The summed E-state index contributed by atoms with van der Waals surface area (Å²) in [7, 11) is 0. The fraction of sp³-hybridized carbons (Fsp3) is 0.318. The summed E-state index contributed by atoms with van der Waals surface area (Å²) in [5.74, 6) is 0.183. The molecule has 0 bridgehead atoms. The first-order chi connectivity index (χ1) is 14.0. The van der Waals surface area contributed by atoms with E-state index < -0.39 is 5.97 Å². The largest absolute Gasteiger partial charge is 0.512 e. The van der Waals surface area contributed by atoms with Crippen LogP contribution in [0.15, 0.2) is 46.0 Å². The Kier molecular flexibility index (Phi) is 6.82. The summed E-state index contributed by atoms with van der Waals surface area (Å²) in [5, 5.41) is 12.3. The Morgan fingerprint density at radius 1 is 1.21 bits per heavy atom. The second kappa shape index (κ2) is 9.52. The van der Waals surface area contributed by atoms with E-state index in [-0.39, 0.29) is 23.7 Å². The smallest absolute Gasteiger partial charge is 0.341 e. The highest BCUT2D eigenvalue weighted by Gasteiger charge is 2.23. The van der Waals surface area contributed by atoms with E-state index in [9.17, 15) is 14.7 Å². The van der Waals surface area contributed by atoms with Crippen molar-refractivity contribution in [1.82, 2.24) is 0 Å². The maximum Gasteiger partial charge on any atom is 0.341 e. The van der Waals surface area contributed by atoms with Crippen LogP contribution in [0.2, 0.25) is 0 Å². The molecule has 2 aromatic rings. The molecule has 0 fully saturated rings. The Bertz CT molecular complexity index is 956. The molecule has 3 rings (SSSR count). The number of aliphatic hydroxyl groups is 1. The van der Waals surface area contributed by atoms with Gasteiger partial charge in [-0.1, -0.05) is 12.1 Å². The number of nitrogens with zero attached hydrogens (tertiary/aromatic N) is 1. The molecule has 29 heavy (non-hydrogen) atoms. The Labute approximate surface area is 173 Å². The van der Waals surface area contributed by atoms with E-state index in [1.165, 1.54) is 17.6 Å². The van der Waals surface area contributed by atoms with Crippen molar-refractivity contribution in [3.8, 4) is 16.9 Å². The number of hydrogen-bond acceptors (Lipinski definition) is 7. The lowest BCUT2D eigenvalue weighted by Crippen LogP contribution is -2.12. The van der Waals surface area contributed by atoms with Crippen molar-refractivity contribution in [2.45, 2.75) is 33.1 Å². The van der Waals surface area contributed by atoms with Crippen LogP contribution in [0, 0.1) is 0 Å². The van der Waals surface area contributed by atoms with Gasteiger partial charge in [-0.2, -0.15) is 0 Å². The maximum atomic E-state index is 12.6. The minimum Gasteiger partial charge on any atom is -0.512 e. The van der Waals surface area contributed by atoms with E-state index >= 15 is 0 Å². The van der Waals surface area contributed by atoms with Crippen molar-refractivity contribution >= 4 is 34.3 Å². The molecule has 0 amide bonds. The molecule has 0 saturated carbocycles. The maximum absolute atomic E-state index is 12.6. The summed E-state index contributed by atoms with van der Waals surface area (Å²) in [6.07, 6.45) is 2.84. The van der Waals surface area contributed by atoms with Gasteiger partial charge in [0.2, 0.25) is 0 Å². The Morgan fingerprint density at radius 2 is 1.97 bits per heavy atom. The minimum atomic E-state index is -0.474. The van der Waals surface area contributed by atoms with Crippen LogP contribution in [0.4, 0.5) is 5.00 Å². The molecule has 1 heterocycles. The van der Waals surface area contributed by atoms with Crippen molar-refractivity contribution < 1.29 is 24.2 Å². The molecule has 7 heteroatoms. The SMILES string of the molecule is CCOC(=O)c1c(-c2ccc(OCC)cc2)csc1N=CC1=C(O)CCCC1=O. The first-order valence-electron chi connectivity index (χ1n) is 9.56. The van der Waals surface area contributed by atoms with Gasteiger partial charge in [-0.25, -0.2) is 9.79 Å². The average molecular weight is 413 g/mol. The number of thiophene rings is 1. The van der Waals surface area contributed by atoms with Crippen molar-refractivity contribution in [2.75, 3.05) is 13.2 Å². The van der Waals surface area contributed by atoms with Gasteiger partial charge in [0.15, 0.2) is 5.78 Å². The molecule has 0 spiro atoms. The van der Waals surface area contributed by atoms with Gasteiger partial charge in [-0.15, -0.1) is 11.3 Å². The number of esters is 1. The first kappa shape index (κ1) is 20.8. The quantitative estimate of drug-likeness (QED) is 0.494. The van der Waals surface area contributed by atoms with Gasteiger partial charge in [0.1, 0.15) is 22.1 Å². The highest BCUT2D eigenvalue weighted by molar-refractivity contribution is 7.14. The lowest BCUT2D eigenvalue weighted by molar-refractivity contribution is -0.115. The zero-order chi connectivity index (χ0) is 20.8. The number of ether oxygens (including phenoxy) is 2. The van der Waals surface area contributed by atoms with Crippen molar-refractivity contribution in [1.29, 1.82) is 0 Å². The third kappa shape index (κ3) is 4.74. The van der Waals surface area contributed by atoms with Crippen molar-refractivity contribution in [3.63, 3.8) is 0 Å². The van der Waals surface area contributed by atoms with E-state index in [0.29, 0.717) is 42.0 Å². The molecule has 1 aromatic carbocycles. The van der Waals surface area contributed by atoms with Gasteiger partial charge in [0, 0.05) is 30.0 Å². The van der Waals surface area contributed by atoms with Gasteiger partial charge < -0.3 is 14.6 Å². The van der Waals surface area contributed by atoms with Gasteiger partial charge >= 0.3 is 5.97 Å². The van der Waals surface area contributed by atoms with Crippen LogP contribution in [0.1, 0.15) is 43.5 Å². The molecule has 1 aliphatic rings. The molecule has 0 radical (unpaired) electrons. The van der Waals surface area contributed by atoms with Gasteiger partial charge in [0.05, 0.1) is 18.8 Å². The van der Waals surface area contributed by atoms with Gasteiger partial charge in [0.25, 0.3) is 0 Å². The number of ketones is 1. The van der Waals surface area contributed by atoms with E-state index in [2.05, 4.69) is 4.99 Å². The van der Waals surface area contributed by atoms with E-state index in [1.807, 2.05) is 36.6 Å². The summed E-state index contributed by atoms with van der Waals surface area (Å²) in [4.78, 5) is 29.0. The summed E-state index contributed by atoms with van der Waals surface area (Å²) < 4.78 is 10.7. The van der Waals surface area contributed by atoms with E-state index in [1.54, 1.807) is 6.92 Å². The number of carbonyl (C=O) groups excluding carboxylic acids is 2. The molecule has 0 aliphatic heterocycles. The molecule has 152 valence electrons. The lowest BCUT2D eigenvalue weighted by atomic mass is 9.97. The summed E-state index contributed by atoms with van der Waals surface area (Å²) in [6.45, 7) is 4.48. The third-order valence-corrected chi connectivity index (χ3v) is 5.35. The van der Waals surface area contributed by atoms with Crippen molar-refractivity contribution in [2.24, 2.45) is 4.99 Å². The lowest BCUT2D eigenvalue weighted by Gasteiger charge is -2.11. The number of carbonyl (C=O) groups is 2. The Balaban J connectivity index is 1.99. The first-order valence-corrected chi connectivity index (χ1v) is 10.4. The number of benzene rings is 1. The minimum absolute atomic E-state index is 0.0472. The second-order valence-corrected chi connectivity index (χ2v) is 7.26. The molecular weight excluding hydrogens is 390 g/mol. The molecule has 0 saturated heterocycles. The molecule has 1 N–H and O–H groups in total. The predicted octanol–water partition coefficient (Wildman–Crippen LogP) is 5.26. The van der Waals surface area contributed by atoms with Gasteiger partial charge in [-0.3, -0.25) is 4.79 Å². The molecule has 0 atom stereocenters. The zero-order valence-corrected chi connectivity index (χ0v) is 17.3. The van der Waals surface area contributed by atoms with Gasteiger partial charge in [-0.05, 0) is 38.0 Å². The summed E-state index contributed by atoms with van der Waals surface area (Å²) in [6, 6.07) is 7.44. The van der Waals surface area contributed by atoms with Crippen LogP contribution in [-0.2, 0) is 9.53 Å². The molecule has 1 aliphatic carbocycles. The van der Waals surface area contributed by atoms with E-state index in [0.717, 1.165) is 11.3 Å². The van der Waals surface area contributed by atoms with Crippen LogP contribution in [0.25, 0.3) is 11.1 Å². The number of Topliss-reactive ketones (excluding diaryl/α,β-unsaturated/α-hetero) is 1. The summed E-state index contributed by atoms with van der Waals surface area (Å²) >= 11 is 1.29. The Hall–Kier alpha value is -2.93. The standard InChI is InChI=1S/C22H23NO5S/c1-3-27-15-10-8-14(9-11-15)17-13-29-21(20(17)22(26)28-4-2)23-12-16-18(24)6-5-7-19(16)25/h8-13,24H,3-7H2,1-2H3. The zero-order valence-electron chi connectivity index (χ0n) is 16.4. The van der Waals surface area contributed by atoms with Crippen LogP contribution >= 0.6 is 11.3 Å². The fourth-order valence-corrected chi connectivity index (χ4v) is 3.98. The predicted molar refractivity (Wildman–Crippen MR) is 114 cm³/mol. The molecule has 6 nitrogen and oxygen atoms in total. The van der Waals surface area contributed by atoms with E-state index in [4.69, 9.17) is 9.47 Å². The van der Waals surface area contributed by atoms with Crippen LogP contribution in [0.5, 0.6) is 5.75 Å². The number of aliphatic hydroxyl groups excluding tert-OH is 1. The molecule has 1 aromatic heterocycles. The number of aliphatic imine (C=N–C) groups is 1. The monoisotopic (exact) mass is 413 g/mol. The number of hydrogen-bond donors (Lipinski definition) is 1. The molecule has 0 unspecified atom stereocenters. The molecular formula is C22H23NO5S.